The zero-order chi connectivity index (χ0) is 16.7. The minimum absolute atomic E-state index is 0.735. The summed E-state index contributed by atoms with van der Waals surface area (Å²) < 4.78 is 10.5. The normalized spacial score (nSPS) is 10.3. The molecule has 2 aromatic rings. The third-order valence-electron chi connectivity index (χ3n) is 3.26. The summed E-state index contributed by atoms with van der Waals surface area (Å²) in [5.41, 5.74) is 2.72. The maximum atomic E-state index is 10.7. The molecule has 2 aromatic carbocycles. The van der Waals surface area contributed by atoms with E-state index in [1.807, 2.05) is 48.5 Å². The second-order valence-corrected chi connectivity index (χ2v) is 4.74. The van der Waals surface area contributed by atoms with E-state index in [1.165, 1.54) is 6.08 Å². The summed E-state index contributed by atoms with van der Waals surface area (Å²) in [6.45, 7) is 0. The fourth-order valence-electron chi connectivity index (χ4n) is 2.17. The van der Waals surface area contributed by atoms with Crippen molar-refractivity contribution < 1.29 is 19.4 Å². The third kappa shape index (κ3) is 4.48. The van der Waals surface area contributed by atoms with Crippen LogP contribution in [0.25, 0.3) is 5.57 Å². The average molecular weight is 310 g/mol. The Morgan fingerprint density at radius 2 is 1.48 bits per heavy atom. The minimum Gasteiger partial charge on any atom is -0.497 e. The molecule has 1 N–H and O–H groups in total. The van der Waals surface area contributed by atoms with E-state index in [2.05, 4.69) is 0 Å². The standard InChI is InChI=1S/C19H18O4/c1-22-16-8-3-6-14(12-16)18(10-5-11-19(20)21)15-7-4-9-17(13-15)23-2/h3-13H,1-2H3,(H,20,21)/b11-5+. The van der Waals surface area contributed by atoms with Gasteiger partial charge < -0.3 is 14.6 Å². The molecule has 0 atom stereocenters. The predicted octanol–water partition coefficient (Wildman–Crippen LogP) is 3.78. The number of aliphatic carboxylic acids is 1. The van der Waals surface area contributed by atoms with Crippen LogP contribution in [0.4, 0.5) is 0 Å². The topological polar surface area (TPSA) is 55.8 Å². The molecule has 0 spiro atoms. The van der Waals surface area contributed by atoms with Crippen molar-refractivity contribution in [2.45, 2.75) is 0 Å². The number of rotatable bonds is 6. The highest BCUT2D eigenvalue weighted by Crippen LogP contribution is 2.28. The zero-order valence-corrected chi connectivity index (χ0v) is 13.0. The summed E-state index contributed by atoms with van der Waals surface area (Å²) >= 11 is 0. The lowest BCUT2D eigenvalue weighted by Crippen LogP contribution is -1.92. The van der Waals surface area contributed by atoms with E-state index in [1.54, 1.807) is 20.3 Å². The van der Waals surface area contributed by atoms with Gasteiger partial charge in [0.2, 0.25) is 0 Å². The van der Waals surface area contributed by atoms with Crippen LogP contribution in [-0.4, -0.2) is 25.3 Å². The highest BCUT2D eigenvalue weighted by molar-refractivity contribution is 5.84. The van der Waals surface area contributed by atoms with Gasteiger partial charge in [0.15, 0.2) is 0 Å². The van der Waals surface area contributed by atoms with Crippen molar-refractivity contribution in [2.24, 2.45) is 0 Å². The number of methoxy groups -OCH3 is 2. The molecule has 0 radical (unpaired) electrons. The number of carboxylic acid groups (broad SMARTS) is 1. The van der Waals surface area contributed by atoms with E-state index < -0.39 is 5.97 Å². The largest absolute Gasteiger partial charge is 0.497 e. The maximum Gasteiger partial charge on any atom is 0.328 e. The van der Waals surface area contributed by atoms with Crippen LogP contribution in [0.2, 0.25) is 0 Å². The second kappa shape index (κ2) is 7.84. The number of carboxylic acids is 1. The first kappa shape index (κ1) is 16.4. The van der Waals surface area contributed by atoms with Crippen LogP contribution in [-0.2, 0) is 4.79 Å². The van der Waals surface area contributed by atoms with Gasteiger partial charge in [-0.1, -0.05) is 36.4 Å². The van der Waals surface area contributed by atoms with Gasteiger partial charge in [-0.05, 0) is 41.0 Å². The van der Waals surface area contributed by atoms with Crippen LogP contribution in [0.15, 0.2) is 66.8 Å². The molecule has 4 nitrogen and oxygen atoms in total. The molecule has 0 heterocycles. The molecule has 0 aliphatic heterocycles. The molecule has 0 amide bonds. The molecule has 23 heavy (non-hydrogen) atoms. The number of hydrogen-bond acceptors (Lipinski definition) is 3. The molecule has 0 bridgehead atoms. The van der Waals surface area contributed by atoms with Crippen molar-refractivity contribution in [1.29, 1.82) is 0 Å². The van der Waals surface area contributed by atoms with Gasteiger partial charge in [-0.2, -0.15) is 0 Å². The SMILES string of the molecule is COc1cccc(C(=C/C=C/C(=O)O)c2cccc(OC)c2)c1. The molecular weight excluding hydrogens is 292 g/mol. The molecule has 118 valence electrons. The van der Waals surface area contributed by atoms with E-state index in [9.17, 15) is 4.79 Å². The molecule has 0 aliphatic rings. The summed E-state index contributed by atoms with van der Waals surface area (Å²) in [6, 6.07) is 15.2. The summed E-state index contributed by atoms with van der Waals surface area (Å²) in [7, 11) is 3.22. The average Bonchev–Trinajstić information content (AvgIpc) is 2.58. The van der Waals surface area contributed by atoms with E-state index >= 15 is 0 Å². The zero-order valence-electron chi connectivity index (χ0n) is 13.0. The van der Waals surface area contributed by atoms with Crippen LogP contribution in [0.5, 0.6) is 11.5 Å². The van der Waals surface area contributed by atoms with Gasteiger partial charge >= 0.3 is 5.97 Å². The van der Waals surface area contributed by atoms with Crippen LogP contribution in [0.3, 0.4) is 0 Å². The van der Waals surface area contributed by atoms with Crippen molar-refractivity contribution in [3.05, 3.63) is 77.9 Å². The Labute approximate surface area is 135 Å². The third-order valence-corrected chi connectivity index (χ3v) is 3.26. The Balaban J connectivity index is 2.52. The van der Waals surface area contributed by atoms with Gasteiger partial charge in [-0.25, -0.2) is 4.79 Å². The first-order valence-corrected chi connectivity index (χ1v) is 7.04. The highest BCUT2D eigenvalue weighted by atomic mass is 16.5. The number of carbonyl (C=O) groups is 1. The van der Waals surface area contributed by atoms with Gasteiger partial charge in [0.1, 0.15) is 11.5 Å². The lowest BCUT2D eigenvalue weighted by molar-refractivity contribution is -0.131. The fourth-order valence-corrected chi connectivity index (χ4v) is 2.17. The second-order valence-electron chi connectivity index (χ2n) is 4.74. The quantitative estimate of drug-likeness (QED) is 0.652. The first-order chi connectivity index (χ1) is 11.1. The fraction of sp³-hybridized carbons (Fsp3) is 0.105. The molecule has 0 aromatic heterocycles. The van der Waals surface area contributed by atoms with Gasteiger partial charge in [0.25, 0.3) is 0 Å². The minimum atomic E-state index is -0.989. The van der Waals surface area contributed by atoms with Crippen LogP contribution in [0, 0.1) is 0 Å². The molecule has 0 aliphatic carbocycles. The lowest BCUT2D eigenvalue weighted by Gasteiger charge is -2.11. The molecule has 2 rings (SSSR count). The molecule has 4 heteroatoms. The van der Waals surface area contributed by atoms with E-state index in [0.717, 1.165) is 34.3 Å². The maximum absolute atomic E-state index is 10.7. The smallest absolute Gasteiger partial charge is 0.328 e. The Hall–Kier alpha value is -3.01. The summed E-state index contributed by atoms with van der Waals surface area (Å²) in [5, 5.41) is 8.78. The van der Waals surface area contributed by atoms with E-state index in [4.69, 9.17) is 14.6 Å². The Bertz CT molecular complexity index is 695. The molecule has 0 unspecified atom stereocenters. The Kier molecular flexibility index (Phi) is 5.58. The van der Waals surface area contributed by atoms with Gasteiger partial charge in [-0.3, -0.25) is 0 Å². The van der Waals surface area contributed by atoms with Crippen LogP contribution in [0.1, 0.15) is 11.1 Å². The summed E-state index contributed by atoms with van der Waals surface area (Å²) in [6.07, 6.45) is 4.37. The Morgan fingerprint density at radius 1 is 0.957 bits per heavy atom. The number of benzene rings is 2. The van der Waals surface area contributed by atoms with Crippen molar-refractivity contribution in [3.63, 3.8) is 0 Å². The van der Waals surface area contributed by atoms with E-state index in [0.29, 0.717) is 0 Å². The summed E-state index contributed by atoms with van der Waals surface area (Å²) in [4.78, 5) is 10.7. The lowest BCUT2D eigenvalue weighted by atomic mass is 9.97. The van der Waals surface area contributed by atoms with Gasteiger partial charge in [0.05, 0.1) is 14.2 Å². The summed E-state index contributed by atoms with van der Waals surface area (Å²) in [5.74, 6) is 0.480. The van der Waals surface area contributed by atoms with E-state index in [-0.39, 0.29) is 0 Å². The monoisotopic (exact) mass is 310 g/mol. The van der Waals surface area contributed by atoms with Crippen molar-refractivity contribution in [1.82, 2.24) is 0 Å². The van der Waals surface area contributed by atoms with Gasteiger partial charge in [0, 0.05) is 6.08 Å². The van der Waals surface area contributed by atoms with Crippen LogP contribution < -0.4 is 9.47 Å². The highest BCUT2D eigenvalue weighted by Gasteiger charge is 2.07. The Morgan fingerprint density at radius 3 is 1.91 bits per heavy atom. The molecule has 0 saturated carbocycles. The van der Waals surface area contributed by atoms with Crippen molar-refractivity contribution >= 4 is 11.5 Å². The van der Waals surface area contributed by atoms with Crippen molar-refractivity contribution in [2.75, 3.05) is 14.2 Å². The predicted molar refractivity (Wildman–Crippen MR) is 89.8 cm³/mol. The van der Waals surface area contributed by atoms with Gasteiger partial charge in [-0.15, -0.1) is 0 Å². The number of hydrogen-bond donors (Lipinski definition) is 1. The number of ether oxygens (including phenoxy) is 2. The molecular formula is C19H18O4. The molecule has 0 fully saturated rings. The van der Waals surface area contributed by atoms with Crippen molar-refractivity contribution in [3.8, 4) is 11.5 Å². The first-order valence-electron chi connectivity index (χ1n) is 7.04. The number of allylic oxidation sites excluding steroid dienone is 2. The van der Waals surface area contributed by atoms with Crippen LogP contribution >= 0.6 is 0 Å². The molecule has 0 saturated heterocycles.